The van der Waals surface area contributed by atoms with Gasteiger partial charge < -0.3 is 14.8 Å². The highest BCUT2D eigenvalue weighted by Gasteiger charge is 2.11. The second-order valence-corrected chi connectivity index (χ2v) is 5.92. The average molecular weight is 293 g/mol. The van der Waals surface area contributed by atoms with Crippen LogP contribution < -0.4 is 5.32 Å². The SMILES string of the molecule is CCCNC(COCCOC)c1cccc(CC(C)C)c1. The lowest BCUT2D eigenvalue weighted by Crippen LogP contribution is -2.27. The maximum atomic E-state index is 5.72. The van der Waals surface area contributed by atoms with Gasteiger partial charge in [-0.15, -0.1) is 0 Å². The van der Waals surface area contributed by atoms with Crippen LogP contribution in [0.2, 0.25) is 0 Å². The summed E-state index contributed by atoms with van der Waals surface area (Å²) < 4.78 is 10.7. The largest absolute Gasteiger partial charge is 0.382 e. The quantitative estimate of drug-likeness (QED) is 0.633. The van der Waals surface area contributed by atoms with Gasteiger partial charge in [-0.3, -0.25) is 0 Å². The summed E-state index contributed by atoms with van der Waals surface area (Å²) in [6, 6.07) is 9.13. The van der Waals surface area contributed by atoms with Gasteiger partial charge >= 0.3 is 0 Å². The van der Waals surface area contributed by atoms with E-state index in [9.17, 15) is 0 Å². The van der Waals surface area contributed by atoms with Crippen LogP contribution >= 0.6 is 0 Å². The Kier molecular flexibility index (Phi) is 9.31. The van der Waals surface area contributed by atoms with Gasteiger partial charge in [-0.25, -0.2) is 0 Å². The molecule has 3 nitrogen and oxygen atoms in total. The van der Waals surface area contributed by atoms with E-state index >= 15 is 0 Å². The number of benzene rings is 1. The highest BCUT2D eigenvalue weighted by atomic mass is 16.5. The number of rotatable bonds is 11. The first kappa shape index (κ1) is 18.1. The zero-order chi connectivity index (χ0) is 15.5. The van der Waals surface area contributed by atoms with E-state index in [1.807, 2.05) is 0 Å². The van der Waals surface area contributed by atoms with Crippen molar-refractivity contribution >= 4 is 0 Å². The lowest BCUT2D eigenvalue weighted by molar-refractivity contribution is 0.0586. The second-order valence-electron chi connectivity index (χ2n) is 5.92. The third kappa shape index (κ3) is 7.60. The van der Waals surface area contributed by atoms with E-state index in [0.717, 1.165) is 19.4 Å². The van der Waals surface area contributed by atoms with Crippen molar-refractivity contribution in [3.05, 3.63) is 35.4 Å². The molecule has 0 saturated carbocycles. The average Bonchev–Trinajstić information content (AvgIpc) is 2.46. The molecule has 0 saturated heterocycles. The monoisotopic (exact) mass is 293 g/mol. The third-order valence-electron chi connectivity index (χ3n) is 3.35. The molecule has 1 aromatic rings. The van der Waals surface area contributed by atoms with Crippen molar-refractivity contribution in [2.24, 2.45) is 5.92 Å². The Morgan fingerprint density at radius 2 is 2.00 bits per heavy atom. The van der Waals surface area contributed by atoms with Crippen LogP contribution in [0.3, 0.4) is 0 Å². The molecule has 1 aromatic carbocycles. The van der Waals surface area contributed by atoms with Gasteiger partial charge in [-0.1, -0.05) is 45.0 Å². The first-order valence-electron chi connectivity index (χ1n) is 8.06. The van der Waals surface area contributed by atoms with Crippen molar-refractivity contribution in [3.8, 4) is 0 Å². The number of nitrogens with one attached hydrogen (secondary N) is 1. The standard InChI is InChI=1S/C18H31NO2/c1-5-9-19-18(14-21-11-10-20-4)17-8-6-7-16(13-17)12-15(2)3/h6-8,13,15,18-19H,5,9-12,14H2,1-4H3. The molecule has 1 rings (SSSR count). The molecule has 0 heterocycles. The van der Waals surface area contributed by atoms with Crippen LogP contribution in [-0.2, 0) is 15.9 Å². The summed E-state index contributed by atoms with van der Waals surface area (Å²) in [6.07, 6.45) is 2.25. The molecule has 0 spiro atoms. The minimum atomic E-state index is 0.258. The molecule has 21 heavy (non-hydrogen) atoms. The number of methoxy groups -OCH3 is 1. The molecule has 1 unspecified atom stereocenters. The molecule has 3 heteroatoms. The fourth-order valence-corrected chi connectivity index (χ4v) is 2.34. The minimum absolute atomic E-state index is 0.258. The van der Waals surface area contributed by atoms with Crippen LogP contribution in [0.1, 0.15) is 44.4 Å². The normalized spacial score (nSPS) is 12.8. The molecule has 0 radical (unpaired) electrons. The predicted octanol–water partition coefficient (Wildman–Crippen LogP) is 3.59. The highest BCUT2D eigenvalue weighted by molar-refractivity contribution is 5.26. The van der Waals surface area contributed by atoms with Crippen LogP contribution in [0.5, 0.6) is 0 Å². The molecule has 1 atom stereocenters. The maximum absolute atomic E-state index is 5.72. The zero-order valence-corrected chi connectivity index (χ0v) is 14.0. The highest BCUT2D eigenvalue weighted by Crippen LogP contribution is 2.17. The van der Waals surface area contributed by atoms with Crippen LogP contribution in [0.15, 0.2) is 24.3 Å². The van der Waals surface area contributed by atoms with Gasteiger partial charge in [0.15, 0.2) is 0 Å². The molecule has 0 bridgehead atoms. The zero-order valence-electron chi connectivity index (χ0n) is 14.0. The van der Waals surface area contributed by atoms with E-state index < -0.39 is 0 Å². The number of hydrogen-bond acceptors (Lipinski definition) is 3. The van der Waals surface area contributed by atoms with Crippen LogP contribution in [-0.4, -0.2) is 33.5 Å². The van der Waals surface area contributed by atoms with E-state index in [1.54, 1.807) is 7.11 Å². The summed E-state index contributed by atoms with van der Waals surface area (Å²) in [5.41, 5.74) is 2.72. The topological polar surface area (TPSA) is 30.5 Å². The fraction of sp³-hybridized carbons (Fsp3) is 0.667. The molecular formula is C18H31NO2. The lowest BCUT2D eigenvalue weighted by atomic mass is 9.98. The maximum Gasteiger partial charge on any atom is 0.0701 e. The van der Waals surface area contributed by atoms with Crippen molar-refractivity contribution in [1.29, 1.82) is 0 Å². The summed E-state index contributed by atoms with van der Waals surface area (Å²) in [5.74, 6) is 0.681. The minimum Gasteiger partial charge on any atom is -0.382 e. The van der Waals surface area contributed by atoms with Gasteiger partial charge in [0.2, 0.25) is 0 Å². The van der Waals surface area contributed by atoms with E-state index in [1.165, 1.54) is 11.1 Å². The molecule has 120 valence electrons. The molecule has 0 aliphatic rings. The number of hydrogen-bond donors (Lipinski definition) is 1. The molecule has 0 aliphatic carbocycles. The van der Waals surface area contributed by atoms with Crippen molar-refractivity contribution in [1.82, 2.24) is 5.32 Å². The lowest BCUT2D eigenvalue weighted by Gasteiger charge is -2.20. The van der Waals surface area contributed by atoms with Crippen molar-refractivity contribution in [3.63, 3.8) is 0 Å². The Labute approximate surface area is 130 Å². The summed E-state index contributed by atoms with van der Waals surface area (Å²) in [4.78, 5) is 0. The van der Waals surface area contributed by atoms with Gasteiger partial charge in [0, 0.05) is 7.11 Å². The van der Waals surface area contributed by atoms with E-state index in [2.05, 4.69) is 50.4 Å². The predicted molar refractivity (Wildman–Crippen MR) is 88.7 cm³/mol. The summed E-state index contributed by atoms with van der Waals surface area (Å²) >= 11 is 0. The van der Waals surface area contributed by atoms with E-state index in [0.29, 0.717) is 25.7 Å². The Morgan fingerprint density at radius 3 is 2.67 bits per heavy atom. The van der Waals surface area contributed by atoms with Crippen LogP contribution in [0.4, 0.5) is 0 Å². The van der Waals surface area contributed by atoms with Gasteiger partial charge in [0.05, 0.1) is 25.9 Å². The van der Waals surface area contributed by atoms with Gasteiger partial charge in [0.1, 0.15) is 0 Å². The third-order valence-corrected chi connectivity index (χ3v) is 3.35. The molecule has 0 aromatic heterocycles. The smallest absolute Gasteiger partial charge is 0.0701 e. The van der Waals surface area contributed by atoms with E-state index in [4.69, 9.17) is 9.47 Å². The molecule has 0 fully saturated rings. The van der Waals surface area contributed by atoms with Crippen molar-refractivity contribution in [2.75, 3.05) is 33.5 Å². The molecular weight excluding hydrogens is 262 g/mol. The Hall–Kier alpha value is -0.900. The summed E-state index contributed by atoms with van der Waals surface area (Å²) in [7, 11) is 1.70. The second kappa shape index (κ2) is 10.8. The van der Waals surface area contributed by atoms with Gasteiger partial charge in [-0.05, 0) is 36.4 Å². The summed E-state index contributed by atoms with van der Waals surface area (Å²) in [6.45, 7) is 9.69. The number of ether oxygens (including phenoxy) is 2. The van der Waals surface area contributed by atoms with Crippen molar-refractivity contribution < 1.29 is 9.47 Å². The first-order valence-corrected chi connectivity index (χ1v) is 8.06. The Morgan fingerprint density at radius 1 is 1.19 bits per heavy atom. The van der Waals surface area contributed by atoms with E-state index in [-0.39, 0.29) is 6.04 Å². The molecule has 0 aliphatic heterocycles. The van der Waals surface area contributed by atoms with Gasteiger partial charge in [0.25, 0.3) is 0 Å². The van der Waals surface area contributed by atoms with Gasteiger partial charge in [-0.2, -0.15) is 0 Å². The summed E-state index contributed by atoms with van der Waals surface area (Å²) in [5, 5.41) is 3.58. The molecule has 0 amide bonds. The Balaban J connectivity index is 2.66. The fourth-order valence-electron chi connectivity index (χ4n) is 2.34. The molecule has 1 N–H and O–H groups in total. The van der Waals surface area contributed by atoms with Crippen LogP contribution in [0.25, 0.3) is 0 Å². The van der Waals surface area contributed by atoms with Crippen molar-refractivity contribution in [2.45, 2.75) is 39.7 Å². The first-order chi connectivity index (χ1) is 10.2. The Bertz CT molecular complexity index is 379. The van der Waals surface area contributed by atoms with Crippen LogP contribution in [0, 0.1) is 5.92 Å².